The Balaban J connectivity index is 1.45. The molecule has 3 aliphatic heterocycles. The van der Waals surface area contributed by atoms with E-state index in [1.54, 1.807) is 72.3 Å². The molecule has 3 aliphatic rings. The van der Waals surface area contributed by atoms with E-state index < -0.39 is 28.7 Å². The summed E-state index contributed by atoms with van der Waals surface area (Å²) in [5.74, 6) is -0.377. The summed E-state index contributed by atoms with van der Waals surface area (Å²) in [5, 5.41) is 16.4. The van der Waals surface area contributed by atoms with Crippen LogP contribution in [0.1, 0.15) is 40.0 Å². The van der Waals surface area contributed by atoms with Crippen molar-refractivity contribution in [2.75, 3.05) is 31.0 Å². The van der Waals surface area contributed by atoms with Crippen molar-refractivity contribution < 1.29 is 29.0 Å². The van der Waals surface area contributed by atoms with Crippen LogP contribution in [0.3, 0.4) is 0 Å². The Morgan fingerprint density at radius 1 is 1.05 bits per heavy atom. The average molecular weight is 582 g/mol. The normalized spacial score (nSPS) is 27.1. The standard InChI is InChI=1S/C31H39N3O6S/c1-5-40-23-12-8-19(9-13-23)32-28(36)25-24-14-15-31(41-24)26(25)30(38)34(21(17-35)16-18(2)3)27(31)29(37)33-20-6-10-22(39-4)11-7-20/h6-13,18,21,24-27,35H,5,14-17H2,1-4H3,(H,32,36)(H,33,37)/t21-,24-,25+,26+,27?,31?/m1/s1. The fraction of sp³-hybridized carbons (Fsp3) is 0.516. The number of likely N-dealkylation sites (tertiary alicyclic amines) is 1. The van der Waals surface area contributed by atoms with Crippen LogP contribution in [0, 0.1) is 17.8 Å². The molecule has 3 saturated heterocycles. The first kappa shape index (κ1) is 29.3. The van der Waals surface area contributed by atoms with Crippen molar-refractivity contribution in [1.82, 2.24) is 4.90 Å². The topological polar surface area (TPSA) is 117 Å². The van der Waals surface area contributed by atoms with E-state index in [1.165, 1.54) is 0 Å². The van der Waals surface area contributed by atoms with Crippen LogP contribution in [0.25, 0.3) is 0 Å². The summed E-state index contributed by atoms with van der Waals surface area (Å²) in [7, 11) is 1.58. The maximum atomic E-state index is 14.3. The molecule has 41 heavy (non-hydrogen) atoms. The molecule has 220 valence electrons. The quantitative estimate of drug-likeness (QED) is 0.365. The summed E-state index contributed by atoms with van der Waals surface area (Å²) in [6, 6.07) is 12.9. The molecule has 3 N–H and O–H groups in total. The zero-order valence-corrected chi connectivity index (χ0v) is 24.8. The number of fused-ring (bicyclic) bond motifs is 1. The maximum absolute atomic E-state index is 14.3. The van der Waals surface area contributed by atoms with Crippen molar-refractivity contribution in [3.05, 3.63) is 48.5 Å². The van der Waals surface area contributed by atoms with Crippen molar-refractivity contribution in [3.63, 3.8) is 0 Å². The summed E-state index contributed by atoms with van der Waals surface area (Å²) in [4.78, 5) is 43.7. The summed E-state index contributed by atoms with van der Waals surface area (Å²) < 4.78 is 10.00. The Kier molecular flexibility index (Phi) is 8.52. The molecule has 6 atom stereocenters. The van der Waals surface area contributed by atoms with Crippen LogP contribution in [0.5, 0.6) is 11.5 Å². The Labute approximate surface area is 245 Å². The molecule has 0 aliphatic carbocycles. The second kappa shape index (κ2) is 11.9. The van der Waals surface area contributed by atoms with Gasteiger partial charge in [-0.25, -0.2) is 0 Å². The number of carbonyl (C=O) groups is 3. The lowest BCUT2D eigenvalue weighted by molar-refractivity contribution is -0.141. The van der Waals surface area contributed by atoms with Gasteiger partial charge in [0.15, 0.2) is 0 Å². The third-order valence-corrected chi connectivity index (χ3v) is 10.4. The highest BCUT2D eigenvalue weighted by Gasteiger charge is 2.74. The van der Waals surface area contributed by atoms with Crippen LogP contribution in [0.15, 0.2) is 48.5 Å². The van der Waals surface area contributed by atoms with Crippen LogP contribution >= 0.6 is 11.8 Å². The number of aliphatic hydroxyl groups excluding tert-OH is 1. The Bertz CT molecular complexity index is 1270. The Morgan fingerprint density at radius 2 is 1.66 bits per heavy atom. The van der Waals surface area contributed by atoms with E-state index in [9.17, 15) is 19.5 Å². The Hall–Kier alpha value is -3.24. The number of hydrogen-bond donors (Lipinski definition) is 3. The highest BCUT2D eigenvalue weighted by Crippen LogP contribution is 2.66. The summed E-state index contributed by atoms with van der Waals surface area (Å²) in [5.41, 5.74) is 1.22. The molecule has 5 rings (SSSR count). The fourth-order valence-electron chi connectivity index (χ4n) is 6.82. The highest BCUT2D eigenvalue weighted by atomic mass is 32.2. The number of anilines is 2. The second-order valence-corrected chi connectivity index (χ2v) is 13.0. The molecule has 0 radical (unpaired) electrons. The molecule has 9 nitrogen and oxygen atoms in total. The number of rotatable bonds is 11. The van der Waals surface area contributed by atoms with Crippen LogP contribution < -0.4 is 20.1 Å². The van der Waals surface area contributed by atoms with Gasteiger partial charge in [0.2, 0.25) is 17.7 Å². The van der Waals surface area contributed by atoms with Crippen molar-refractivity contribution >= 4 is 40.9 Å². The van der Waals surface area contributed by atoms with E-state index in [0.29, 0.717) is 42.3 Å². The summed E-state index contributed by atoms with van der Waals surface area (Å²) in [6.45, 7) is 6.27. The maximum Gasteiger partial charge on any atom is 0.248 e. The predicted octanol–water partition coefficient (Wildman–Crippen LogP) is 4.17. The highest BCUT2D eigenvalue weighted by molar-refractivity contribution is 8.02. The molecule has 0 saturated carbocycles. The third-order valence-electron chi connectivity index (χ3n) is 8.43. The van der Waals surface area contributed by atoms with Gasteiger partial charge in [0.05, 0.1) is 42.9 Å². The number of amides is 3. The van der Waals surface area contributed by atoms with Gasteiger partial charge < -0.3 is 30.1 Å². The first-order chi connectivity index (χ1) is 19.7. The molecular weight excluding hydrogens is 542 g/mol. The van der Waals surface area contributed by atoms with Crippen molar-refractivity contribution in [2.45, 2.75) is 62.1 Å². The molecule has 3 heterocycles. The van der Waals surface area contributed by atoms with Crippen LogP contribution in [-0.4, -0.2) is 70.1 Å². The fourth-order valence-corrected chi connectivity index (χ4v) is 9.02. The minimum Gasteiger partial charge on any atom is -0.497 e. The van der Waals surface area contributed by atoms with E-state index in [-0.39, 0.29) is 35.5 Å². The molecule has 3 amide bonds. The van der Waals surface area contributed by atoms with E-state index >= 15 is 0 Å². The van der Waals surface area contributed by atoms with E-state index in [1.807, 2.05) is 20.8 Å². The SMILES string of the molecule is CCOc1ccc(NC(=O)[C@@H]2[C@H]3C(=O)N([C@@H](CO)CC(C)C)C(C(=O)Nc4ccc(OC)cc4)C34CC[C@H]2S4)cc1. The number of nitrogens with one attached hydrogen (secondary N) is 2. The minimum atomic E-state index is -0.809. The average Bonchev–Trinajstić information content (AvgIpc) is 3.60. The number of ether oxygens (including phenoxy) is 2. The lowest BCUT2D eigenvalue weighted by atomic mass is 9.70. The van der Waals surface area contributed by atoms with Gasteiger partial charge in [0, 0.05) is 16.6 Å². The molecular formula is C31H39N3O6S. The number of methoxy groups -OCH3 is 1. The first-order valence-electron chi connectivity index (χ1n) is 14.3. The minimum absolute atomic E-state index is 0.0669. The van der Waals surface area contributed by atoms with Gasteiger partial charge in [-0.15, -0.1) is 11.8 Å². The molecule has 2 unspecified atom stereocenters. The van der Waals surface area contributed by atoms with Gasteiger partial charge in [0.1, 0.15) is 17.5 Å². The largest absolute Gasteiger partial charge is 0.497 e. The number of carbonyl (C=O) groups excluding carboxylic acids is 3. The monoisotopic (exact) mass is 581 g/mol. The van der Waals surface area contributed by atoms with Crippen molar-refractivity contribution in [2.24, 2.45) is 17.8 Å². The number of hydrogen-bond acceptors (Lipinski definition) is 7. The molecule has 2 aromatic carbocycles. The zero-order chi connectivity index (χ0) is 29.3. The summed E-state index contributed by atoms with van der Waals surface area (Å²) >= 11 is 1.61. The molecule has 3 fully saturated rings. The van der Waals surface area contributed by atoms with Crippen LogP contribution in [-0.2, 0) is 14.4 Å². The molecule has 10 heteroatoms. The van der Waals surface area contributed by atoms with Gasteiger partial charge in [-0.2, -0.15) is 0 Å². The lowest BCUT2D eigenvalue weighted by Crippen LogP contribution is -2.55. The third kappa shape index (κ3) is 5.39. The van der Waals surface area contributed by atoms with Gasteiger partial charge in [-0.3, -0.25) is 14.4 Å². The Morgan fingerprint density at radius 3 is 2.22 bits per heavy atom. The predicted molar refractivity (Wildman–Crippen MR) is 159 cm³/mol. The lowest BCUT2D eigenvalue weighted by Gasteiger charge is -2.37. The number of aliphatic hydroxyl groups is 1. The molecule has 0 aromatic heterocycles. The molecule has 1 spiro atoms. The molecule has 2 aromatic rings. The first-order valence-corrected chi connectivity index (χ1v) is 15.2. The van der Waals surface area contributed by atoms with Gasteiger partial charge >= 0.3 is 0 Å². The van der Waals surface area contributed by atoms with Gasteiger partial charge in [-0.1, -0.05) is 13.8 Å². The second-order valence-electron chi connectivity index (χ2n) is 11.4. The van der Waals surface area contributed by atoms with Gasteiger partial charge in [0.25, 0.3) is 0 Å². The van der Waals surface area contributed by atoms with E-state index in [0.717, 1.165) is 6.42 Å². The number of thioether (sulfide) groups is 1. The number of nitrogens with zero attached hydrogens (tertiary/aromatic N) is 1. The van der Waals surface area contributed by atoms with Crippen LogP contribution in [0.2, 0.25) is 0 Å². The van der Waals surface area contributed by atoms with Crippen molar-refractivity contribution in [1.29, 1.82) is 0 Å². The molecule has 2 bridgehead atoms. The van der Waals surface area contributed by atoms with Gasteiger partial charge in [-0.05, 0) is 80.6 Å². The van der Waals surface area contributed by atoms with Crippen molar-refractivity contribution in [3.8, 4) is 11.5 Å². The van der Waals surface area contributed by atoms with E-state index in [4.69, 9.17) is 9.47 Å². The summed E-state index contributed by atoms with van der Waals surface area (Å²) in [6.07, 6.45) is 1.95. The number of benzene rings is 2. The smallest absolute Gasteiger partial charge is 0.248 e. The van der Waals surface area contributed by atoms with Crippen LogP contribution in [0.4, 0.5) is 11.4 Å². The zero-order valence-electron chi connectivity index (χ0n) is 24.0. The van der Waals surface area contributed by atoms with E-state index in [2.05, 4.69) is 10.6 Å².